The van der Waals surface area contributed by atoms with Crippen molar-refractivity contribution >= 4 is 0 Å². The van der Waals surface area contributed by atoms with E-state index in [9.17, 15) is 0 Å². The molecule has 1 fully saturated rings. The lowest BCUT2D eigenvalue weighted by atomic mass is 9.99. The molecule has 92 valence electrons. The minimum absolute atomic E-state index is 0.297. The van der Waals surface area contributed by atoms with Crippen LogP contribution in [-0.2, 0) is 11.2 Å². The third-order valence-electron chi connectivity index (χ3n) is 3.48. The smallest absolute Gasteiger partial charge is 0.0757 e. The van der Waals surface area contributed by atoms with E-state index < -0.39 is 0 Å². The van der Waals surface area contributed by atoms with Crippen molar-refractivity contribution in [3.05, 3.63) is 48.6 Å². The average Bonchev–Trinajstić information content (AvgIpc) is 2.40. The summed E-state index contributed by atoms with van der Waals surface area (Å²) in [4.78, 5) is 0. The van der Waals surface area contributed by atoms with Crippen molar-refractivity contribution in [2.75, 3.05) is 0 Å². The van der Waals surface area contributed by atoms with Crippen LogP contribution in [0.5, 0.6) is 0 Å². The molecule has 1 nitrogen and oxygen atoms in total. The Bertz CT molecular complexity index is 331. The third-order valence-corrected chi connectivity index (χ3v) is 3.48. The van der Waals surface area contributed by atoms with Crippen LogP contribution in [0.3, 0.4) is 0 Å². The SMILES string of the molecule is C=C[C@H]1CCC[C@@H](CCCc2ccccc2)O1. The van der Waals surface area contributed by atoms with Gasteiger partial charge in [-0.1, -0.05) is 36.4 Å². The van der Waals surface area contributed by atoms with Crippen molar-refractivity contribution in [1.29, 1.82) is 0 Å². The van der Waals surface area contributed by atoms with Gasteiger partial charge in [0.05, 0.1) is 12.2 Å². The highest BCUT2D eigenvalue weighted by Crippen LogP contribution is 2.23. The van der Waals surface area contributed by atoms with Gasteiger partial charge in [-0.15, -0.1) is 6.58 Å². The van der Waals surface area contributed by atoms with Gasteiger partial charge in [0.15, 0.2) is 0 Å². The highest BCUT2D eigenvalue weighted by atomic mass is 16.5. The zero-order chi connectivity index (χ0) is 11.9. The van der Waals surface area contributed by atoms with Gasteiger partial charge in [-0.25, -0.2) is 0 Å². The van der Waals surface area contributed by atoms with E-state index in [-0.39, 0.29) is 0 Å². The van der Waals surface area contributed by atoms with Gasteiger partial charge in [0.2, 0.25) is 0 Å². The predicted octanol–water partition coefficient (Wildman–Crippen LogP) is 4.13. The molecule has 1 heteroatoms. The molecule has 0 radical (unpaired) electrons. The highest BCUT2D eigenvalue weighted by molar-refractivity contribution is 5.14. The second kappa shape index (κ2) is 6.61. The van der Waals surface area contributed by atoms with Crippen LogP contribution in [0.15, 0.2) is 43.0 Å². The number of rotatable bonds is 5. The summed E-state index contributed by atoms with van der Waals surface area (Å²) in [5, 5.41) is 0. The minimum atomic E-state index is 0.297. The summed E-state index contributed by atoms with van der Waals surface area (Å²) in [5.41, 5.74) is 1.43. The van der Waals surface area contributed by atoms with Crippen molar-refractivity contribution < 1.29 is 4.74 Å². The molecule has 0 unspecified atom stereocenters. The molecular formula is C16H22O. The monoisotopic (exact) mass is 230 g/mol. The first-order chi connectivity index (χ1) is 8.38. The molecule has 0 amide bonds. The van der Waals surface area contributed by atoms with Crippen molar-refractivity contribution in [3.8, 4) is 0 Å². The largest absolute Gasteiger partial charge is 0.371 e. The Morgan fingerprint density at radius 1 is 1.24 bits per heavy atom. The lowest BCUT2D eigenvalue weighted by Gasteiger charge is -2.28. The topological polar surface area (TPSA) is 9.23 Å². The standard InChI is InChI=1S/C16H22O/c1-2-15-11-7-13-16(17-15)12-6-10-14-8-4-3-5-9-14/h2-5,8-9,15-16H,1,6-7,10-13H2/t15-,16+/m0/s1. The van der Waals surface area contributed by atoms with Crippen molar-refractivity contribution in [2.24, 2.45) is 0 Å². The van der Waals surface area contributed by atoms with E-state index in [4.69, 9.17) is 4.74 Å². The second-order valence-corrected chi connectivity index (χ2v) is 4.84. The van der Waals surface area contributed by atoms with Crippen molar-refractivity contribution in [3.63, 3.8) is 0 Å². The Balaban J connectivity index is 1.70. The number of aryl methyl sites for hydroxylation is 1. The molecule has 0 aromatic heterocycles. The molecule has 2 atom stereocenters. The Kier molecular flexibility index (Phi) is 4.81. The quantitative estimate of drug-likeness (QED) is 0.691. The summed E-state index contributed by atoms with van der Waals surface area (Å²) in [6.07, 6.45) is 9.92. The Morgan fingerprint density at radius 3 is 2.82 bits per heavy atom. The van der Waals surface area contributed by atoms with Crippen LogP contribution in [-0.4, -0.2) is 12.2 Å². The highest BCUT2D eigenvalue weighted by Gasteiger charge is 2.19. The summed E-state index contributed by atoms with van der Waals surface area (Å²) in [5.74, 6) is 0. The van der Waals surface area contributed by atoms with Gasteiger partial charge in [-0.2, -0.15) is 0 Å². The Labute approximate surface area is 104 Å². The van der Waals surface area contributed by atoms with Crippen molar-refractivity contribution in [1.82, 2.24) is 0 Å². The van der Waals surface area contributed by atoms with Crippen LogP contribution in [0, 0.1) is 0 Å². The van der Waals surface area contributed by atoms with E-state index in [2.05, 4.69) is 36.9 Å². The first kappa shape index (κ1) is 12.4. The molecule has 1 aliphatic heterocycles. The zero-order valence-corrected chi connectivity index (χ0v) is 10.5. The molecule has 1 aromatic carbocycles. The maximum atomic E-state index is 5.96. The maximum Gasteiger partial charge on any atom is 0.0757 e. The summed E-state index contributed by atoms with van der Waals surface area (Å²) in [7, 11) is 0. The van der Waals surface area contributed by atoms with Crippen molar-refractivity contribution in [2.45, 2.75) is 50.7 Å². The molecular weight excluding hydrogens is 208 g/mol. The third kappa shape index (κ3) is 4.01. The number of ether oxygens (including phenoxy) is 1. The summed E-state index contributed by atoms with van der Waals surface area (Å²) < 4.78 is 5.96. The van der Waals surface area contributed by atoms with Crippen LogP contribution < -0.4 is 0 Å². The fraction of sp³-hybridized carbons (Fsp3) is 0.500. The molecule has 0 spiro atoms. The first-order valence-corrected chi connectivity index (χ1v) is 6.70. The van der Waals surface area contributed by atoms with Crippen LogP contribution in [0.1, 0.15) is 37.7 Å². The van der Waals surface area contributed by atoms with Gasteiger partial charge in [-0.3, -0.25) is 0 Å². The molecule has 0 saturated carbocycles. The maximum absolute atomic E-state index is 5.96. The van der Waals surface area contributed by atoms with Crippen LogP contribution in [0.2, 0.25) is 0 Å². The number of hydrogen-bond acceptors (Lipinski definition) is 1. The molecule has 1 heterocycles. The van der Waals surface area contributed by atoms with Gasteiger partial charge in [0, 0.05) is 0 Å². The van der Waals surface area contributed by atoms with Gasteiger partial charge >= 0.3 is 0 Å². The van der Waals surface area contributed by atoms with E-state index >= 15 is 0 Å². The molecule has 0 bridgehead atoms. The minimum Gasteiger partial charge on any atom is -0.371 e. The first-order valence-electron chi connectivity index (χ1n) is 6.70. The summed E-state index contributed by atoms with van der Waals surface area (Å²) in [6.45, 7) is 3.82. The Morgan fingerprint density at radius 2 is 2.06 bits per heavy atom. The predicted molar refractivity (Wildman–Crippen MR) is 72.1 cm³/mol. The molecule has 1 aromatic rings. The van der Waals surface area contributed by atoms with Gasteiger partial charge in [-0.05, 0) is 44.1 Å². The molecule has 1 aliphatic rings. The van der Waals surface area contributed by atoms with Gasteiger partial charge in [0.25, 0.3) is 0 Å². The van der Waals surface area contributed by atoms with E-state index in [1.165, 1.54) is 37.7 Å². The molecule has 1 saturated heterocycles. The summed E-state index contributed by atoms with van der Waals surface area (Å²) in [6, 6.07) is 10.7. The van der Waals surface area contributed by atoms with Gasteiger partial charge in [0.1, 0.15) is 0 Å². The van der Waals surface area contributed by atoms with E-state index in [0.717, 1.165) is 6.42 Å². The van der Waals surface area contributed by atoms with Crippen LogP contribution in [0.4, 0.5) is 0 Å². The summed E-state index contributed by atoms with van der Waals surface area (Å²) >= 11 is 0. The zero-order valence-electron chi connectivity index (χ0n) is 10.5. The normalized spacial score (nSPS) is 24.5. The fourth-order valence-corrected chi connectivity index (χ4v) is 2.49. The number of benzene rings is 1. The van der Waals surface area contributed by atoms with E-state index in [1.54, 1.807) is 0 Å². The lowest BCUT2D eigenvalue weighted by Crippen LogP contribution is -2.26. The lowest BCUT2D eigenvalue weighted by molar-refractivity contribution is -0.0294. The molecule has 2 rings (SSSR count). The fourth-order valence-electron chi connectivity index (χ4n) is 2.49. The molecule has 17 heavy (non-hydrogen) atoms. The van der Waals surface area contributed by atoms with Crippen LogP contribution in [0.25, 0.3) is 0 Å². The van der Waals surface area contributed by atoms with E-state index in [1.807, 2.05) is 6.08 Å². The van der Waals surface area contributed by atoms with Gasteiger partial charge < -0.3 is 4.74 Å². The second-order valence-electron chi connectivity index (χ2n) is 4.84. The molecule has 0 aliphatic carbocycles. The van der Waals surface area contributed by atoms with Crippen LogP contribution >= 0.6 is 0 Å². The number of hydrogen-bond donors (Lipinski definition) is 0. The average molecular weight is 230 g/mol. The van der Waals surface area contributed by atoms with E-state index in [0.29, 0.717) is 12.2 Å². The molecule has 0 N–H and O–H groups in total. The Hall–Kier alpha value is -1.08.